The molecule has 0 radical (unpaired) electrons. The molecule has 0 saturated carbocycles. The fraction of sp³-hybridized carbons (Fsp3) is 0.562. The molecular weight excluding hydrogens is 238 g/mol. The van der Waals surface area contributed by atoms with Crippen LogP contribution in [0.4, 0.5) is 0 Å². The predicted molar refractivity (Wildman–Crippen MR) is 78.3 cm³/mol. The van der Waals surface area contributed by atoms with Crippen molar-refractivity contribution in [3.05, 3.63) is 34.9 Å². The number of carboxylic acid groups (broad SMARTS) is 1. The third kappa shape index (κ3) is 3.57. The van der Waals surface area contributed by atoms with Crippen LogP contribution in [0.1, 0.15) is 36.6 Å². The minimum Gasteiger partial charge on any atom is -0.481 e. The van der Waals surface area contributed by atoms with Gasteiger partial charge in [0, 0.05) is 6.04 Å². The van der Waals surface area contributed by atoms with E-state index in [-0.39, 0.29) is 12.0 Å². The number of rotatable bonds is 5. The first kappa shape index (κ1) is 15.7. The van der Waals surface area contributed by atoms with Gasteiger partial charge < -0.3 is 10.0 Å². The SMILES string of the molecule is Cc1ccc(C(C(C(=O)O)C(C)C)N(C)C)c(C)c1. The molecule has 2 unspecified atom stereocenters. The molecule has 106 valence electrons. The van der Waals surface area contributed by atoms with Crippen molar-refractivity contribution in [3.8, 4) is 0 Å². The maximum Gasteiger partial charge on any atom is 0.308 e. The van der Waals surface area contributed by atoms with Crippen molar-refractivity contribution < 1.29 is 9.90 Å². The molecule has 0 aliphatic carbocycles. The van der Waals surface area contributed by atoms with Crippen LogP contribution in [0, 0.1) is 25.7 Å². The summed E-state index contributed by atoms with van der Waals surface area (Å²) in [5, 5.41) is 9.54. The molecule has 3 nitrogen and oxygen atoms in total. The highest BCUT2D eigenvalue weighted by atomic mass is 16.4. The van der Waals surface area contributed by atoms with Crippen molar-refractivity contribution in [3.63, 3.8) is 0 Å². The van der Waals surface area contributed by atoms with Crippen molar-refractivity contribution >= 4 is 5.97 Å². The van der Waals surface area contributed by atoms with Gasteiger partial charge in [-0.05, 0) is 45.0 Å². The van der Waals surface area contributed by atoms with E-state index < -0.39 is 11.9 Å². The third-order valence-electron chi connectivity index (χ3n) is 3.64. The van der Waals surface area contributed by atoms with Gasteiger partial charge in [-0.15, -0.1) is 0 Å². The largest absolute Gasteiger partial charge is 0.481 e. The van der Waals surface area contributed by atoms with Crippen LogP contribution >= 0.6 is 0 Å². The van der Waals surface area contributed by atoms with Gasteiger partial charge in [-0.25, -0.2) is 0 Å². The van der Waals surface area contributed by atoms with E-state index in [9.17, 15) is 9.90 Å². The van der Waals surface area contributed by atoms with Crippen molar-refractivity contribution in [2.75, 3.05) is 14.1 Å². The molecule has 0 bridgehead atoms. The van der Waals surface area contributed by atoms with Gasteiger partial charge in [-0.2, -0.15) is 0 Å². The Balaban J connectivity index is 3.30. The van der Waals surface area contributed by atoms with Crippen molar-refractivity contribution in [2.45, 2.75) is 33.7 Å². The Morgan fingerprint density at radius 1 is 1.21 bits per heavy atom. The molecule has 0 aliphatic rings. The average molecular weight is 263 g/mol. The van der Waals surface area contributed by atoms with Gasteiger partial charge >= 0.3 is 5.97 Å². The van der Waals surface area contributed by atoms with Crippen molar-refractivity contribution in [1.29, 1.82) is 0 Å². The zero-order valence-electron chi connectivity index (χ0n) is 12.8. The quantitative estimate of drug-likeness (QED) is 0.886. The molecule has 0 heterocycles. The van der Waals surface area contributed by atoms with Crippen LogP contribution < -0.4 is 0 Å². The second-order valence-corrected chi connectivity index (χ2v) is 5.88. The molecule has 2 atom stereocenters. The summed E-state index contributed by atoms with van der Waals surface area (Å²) in [5.41, 5.74) is 3.47. The minimum absolute atomic E-state index is 0.0885. The van der Waals surface area contributed by atoms with E-state index >= 15 is 0 Å². The Morgan fingerprint density at radius 3 is 2.16 bits per heavy atom. The number of benzene rings is 1. The maximum absolute atomic E-state index is 11.6. The number of hydrogen-bond donors (Lipinski definition) is 1. The molecule has 1 aromatic carbocycles. The van der Waals surface area contributed by atoms with Crippen molar-refractivity contribution in [1.82, 2.24) is 4.90 Å². The number of carbonyl (C=O) groups is 1. The summed E-state index contributed by atoms with van der Waals surface area (Å²) in [6.07, 6.45) is 0. The molecule has 1 rings (SSSR count). The molecule has 3 heteroatoms. The van der Waals surface area contributed by atoms with E-state index in [0.717, 1.165) is 11.1 Å². The van der Waals surface area contributed by atoms with Gasteiger partial charge in [0.15, 0.2) is 0 Å². The monoisotopic (exact) mass is 263 g/mol. The third-order valence-corrected chi connectivity index (χ3v) is 3.64. The lowest BCUT2D eigenvalue weighted by atomic mass is 9.82. The Hall–Kier alpha value is -1.35. The molecule has 1 N–H and O–H groups in total. The van der Waals surface area contributed by atoms with Crippen LogP contribution in [0.2, 0.25) is 0 Å². The first-order chi connectivity index (χ1) is 8.75. The number of carboxylic acids is 1. The minimum atomic E-state index is -0.728. The highest BCUT2D eigenvalue weighted by Gasteiger charge is 2.34. The summed E-state index contributed by atoms with van der Waals surface area (Å²) >= 11 is 0. The van der Waals surface area contributed by atoms with E-state index in [4.69, 9.17) is 0 Å². The lowest BCUT2D eigenvalue weighted by Crippen LogP contribution is -2.36. The van der Waals surface area contributed by atoms with Crippen LogP contribution in [0.3, 0.4) is 0 Å². The van der Waals surface area contributed by atoms with Gasteiger partial charge in [0.2, 0.25) is 0 Å². The zero-order valence-corrected chi connectivity index (χ0v) is 12.8. The van der Waals surface area contributed by atoms with Crippen LogP contribution in [0.25, 0.3) is 0 Å². The summed E-state index contributed by atoms with van der Waals surface area (Å²) in [7, 11) is 3.89. The van der Waals surface area contributed by atoms with Gasteiger partial charge in [0.1, 0.15) is 0 Å². The lowest BCUT2D eigenvalue weighted by molar-refractivity contribution is -0.146. The molecule has 0 fully saturated rings. The Bertz CT molecular complexity index is 452. The summed E-state index contributed by atoms with van der Waals surface area (Å²) < 4.78 is 0. The lowest BCUT2D eigenvalue weighted by Gasteiger charge is -2.33. The van der Waals surface area contributed by atoms with Crippen LogP contribution in [-0.4, -0.2) is 30.1 Å². The molecule has 19 heavy (non-hydrogen) atoms. The van der Waals surface area contributed by atoms with E-state index in [1.54, 1.807) is 0 Å². The zero-order chi connectivity index (χ0) is 14.7. The Morgan fingerprint density at radius 2 is 1.79 bits per heavy atom. The second-order valence-electron chi connectivity index (χ2n) is 5.88. The number of aryl methyl sites for hydroxylation is 2. The van der Waals surface area contributed by atoms with Gasteiger partial charge in [-0.3, -0.25) is 4.79 Å². The summed E-state index contributed by atoms with van der Waals surface area (Å²) in [4.78, 5) is 13.6. The summed E-state index contributed by atoms with van der Waals surface area (Å²) in [6, 6.07) is 6.13. The predicted octanol–water partition coefficient (Wildman–Crippen LogP) is 3.26. The fourth-order valence-electron chi connectivity index (χ4n) is 2.74. The van der Waals surface area contributed by atoms with Crippen molar-refractivity contribution in [2.24, 2.45) is 11.8 Å². The van der Waals surface area contributed by atoms with Crippen LogP contribution in [-0.2, 0) is 4.79 Å². The second kappa shape index (κ2) is 6.20. The van der Waals surface area contributed by atoms with Crippen LogP contribution in [0.15, 0.2) is 18.2 Å². The maximum atomic E-state index is 11.6. The number of hydrogen-bond acceptors (Lipinski definition) is 2. The van der Waals surface area contributed by atoms with Crippen LogP contribution in [0.5, 0.6) is 0 Å². The highest BCUT2D eigenvalue weighted by Crippen LogP contribution is 2.34. The van der Waals surface area contributed by atoms with E-state index in [1.807, 2.05) is 32.8 Å². The summed E-state index contributed by atoms with van der Waals surface area (Å²) in [5.74, 6) is -1.05. The van der Waals surface area contributed by atoms with Gasteiger partial charge in [-0.1, -0.05) is 37.6 Å². The van der Waals surface area contributed by atoms with Gasteiger partial charge in [0.05, 0.1) is 5.92 Å². The molecule has 1 aromatic rings. The normalized spacial score (nSPS) is 14.7. The van der Waals surface area contributed by atoms with E-state index in [0.29, 0.717) is 0 Å². The molecule has 0 saturated heterocycles. The highest BCUT2D eigenvalue weighted by molar-refractivity contribution is 5.71. The number of aliphatic carboxylic acids is 1. The molecule has 0 spiro atoms. The molecule has 0 aliphatic heterocycles. The van der Waals surface area contributed by atoms with E-state index in [2.05, 4.69) is 32.0 Å². The molecule has 0 amide bonds. The molecule has 0 aromatic heterocycles. The first-order valence-electron chi connectivity index (χ1n) is 6.72. The summed E-state index contributed by atoms with van der Waals surface area (Å²) in [6.45, 7) is 8.05. The Labute approximate surface area is 116 Å². The standard InChI is InChI=1S/C16H25NO2/c1-10(2)14(16(18)19)15(17(5)6)13-8-7-11(3)9-12(13)4/h7-10,14-15H,1-6H3,(H,18,19). The topological polar surface area (TPSA) is 40.5 Å². The fourth-order valence-corrected chi connectivity index (χ4v) is 2.74. The van der Waals surface area contributed by atoms with E-state index in [1.165, 1.54) is 5.56 Å². The first-order valence-corrected chi connectivity index (χ1v) is 6.72. The molecular formula is C16H25NO2. The number of nitrogens with zero attached hydrogens (tertiary/aromatic N) is 1. The smallest absolute Gasteiger partial charge is 0.308 e. The average Bonchev–Trinajstić information content (AvgIpc) is 2.25. The Kier molecular flexibility index (Phi) is 5.12. The van der Waals surface area contributed by atoms with Gasteiger partial charge in [0.25, 0.3) is 0 Å².